The number of unbranched alkanes of at least 4 members (excludes halogenated alkanes) is 1. The molecular weight excluding hydrogens is 422 g/mol. The van der Waals surface area contributed by atoms with Crippen molar-refractivity contribution in [3.05, 3.63) is 52.0 Å². The number of nitrogens with zero attached hydrogens (tertiary/aromatic N) is 2. The predicted molar refractivity (Wildman–Crippen MR) is 130 cm³/mol. The van der Waals surface area contributed by atoms with Crippen molar-refractivity contribution in [2.45, 2.75) is 53.7 Å². The number of rotatable bonds is 11. The molecule has 1 amide bonds. The van der Waals surface area contributed by atoms with Crippen LogP contribution in [0.15, 0.2) is 35.7 Å². The van der Waals surface area contributed by atoms with E-state index in [9.17, 15) is 4.79 Å². The van der Waals surface area contributed by atoms with E-state index in [1.165, 1.54) is 0 Å². The Morgan fingerprint density at radius 3 is 2.59 bits per heavy atom. The van der Waals surface area contributed by atoms with Crippen LogP contribution in [0.25, 0.3) is 11.4 Å². The van der Waals surface area contributed by atoms with E-state index in [0.717, 1.165) is 58.5 Å². The Kier molecular flexibility index (Phi) is 8.33. The molecule has 0 fully saturated rings. The summed E-state index contributed by atoms with van der Waals surface area (Å²) in [5.41, 5.74) is 3.55. The molecule has 0 unspecified atom stereocenters. The van der Waals surface area contributed by atoms with Gasteiger partial charge in [0.05, 0.1) is 24.1 Å². The van der Waals surface area contributed by atoms with Gasteiger partial charge in [-0.1, -0.05) is 27.2 Å². The van der Waals surface area contributed by atoms with Gasteiger partial charge < -0.3 is 19.4 Å². The maximum absolute atomic E-state index is 12.8. The quantitative estimate of drug-likeness (QED) is 0.377. The molecule has 2 heterocycles. The summed E-state index contributed by atoms with van der Waals surface area (Å²) < 4.78 is 13.3. The summed E-state index contributed by atoms with van der Waals surface area (Å²) in [6.07, 6.45) is 2.03. The third-order valence-corrected chi connectivity index (χ3v) is 6.03. The van der Waals surface area contributed by atoms with Crippen molar-refractivity contribution < 1.29 is 14.3 Å². The number of benzene rings is 1. The molecule has 0 aliphatic carbocycles. The fourth-order valence-electron chi connectivity index (χ4n) is 3.47. The molecule has 0 aliphatic heterocycles. The largest absolute Gasteiger partial charge is 0.497 e. The topological polar surface area (TPSA) is 65.4 Å². The van der Waals surface area contributed by atoms with Crippen LogP contribution in [0.5, 0.6) is 11.5 Å². The van der Waals surface area contributed by atoms with E-state index < -0.39 is 0 Å². The maximum Gasteiger partial charge on any atom is 0.253 e. The summed E-state index contributed by atoms with van der Waals surface area (Å²) in [5.74, 6) is 2.00. The second-order valence-electron chi connectivity index (χ2n) is 8.23. The van der Waals surface area contributed by atoms with Gasteiger partial charge in [0.25, 0.3) is 5.91 Å². The van der Waals surface area contributed by atoms with Crippen LogP contribution in [0.1, 0.15) is 54.7 Å². The van der Waals surface area contributed by atoms with Crippen LogP contribution in [0.3, 0.4) is 0 Å². The van der Waals surface area contributed by atoms with E-state index in [1.807, 2.05) is 42.6 Å². The molecular formula is C25H33N3O3S. The van der Waals surface area contributed by atoms with Crippen LogP contribution < -0.4 is 14.8 Å². The molecule has 1 aromatic carbocycles. The molecule has 1 N–H and O–H groups in total. The maximum atomic E-state index is 12.8. The zero-order valence-electron chi connectivity index (χ0n) is 19.6. The lowest BCUT2D eigenvalue weighted by Gasteiger charge is -2.13. The Morgan fingerprint density at radius 1 is 1.22 bits per heavy atom. The van der Waals surface area contributed by atoms with Crippen LogP contribution in [-0.2, 0) is 13.2 Å². The van der Waals surface area contributed by atoms with Crippen molar-refractivity contribution in [2.75, 3.05) is 13.7 Å². The Morgan fingerprint density at radius 2 is 1.94 bits per heavy atom. The fraction of sp³-hybridized carbons (Fsp3) is 0.440. The average Bonchev–Trinajstić information content (AvgIpc) is 3.37. The van der Waals surface area contributed by atoms with Crippen molar-refractivity contribution in [3.63, 3.8) is 0 Å². The van der Waals surface area contributed by atoms with Crippen molar-refractivity contribution in [3.8, 4) is 22.9 Å². The molecule has 0 aliphatic rings. The molecule has 7 heteroatoms. The Hall–Kier alpha value is -2.80. The lowest BCUT2D eigenvalue weighted by Crippen LogP contribution is -2.24. The normalized spacial score (nSPS) is 11.1. The Labute approximate surface area is 194 Å². The number of carbonyl (C=O) groups is 1. The Bertz CT molecular complexity index is 1020. The summed E-state index contributed by atoms with van der Waals surface area (Å²) in [6, 6.07) is 9.48. The van der Waals surface area contributed by atoms with E-state index >= 15 is 0 Å². The first kappa shape index (κ1) is 23.9. The van der Waals surface area contributed by atoms with Crippen LogP contribution in [-0.4, -0.2) is 29.1 Å². The molecule has 0 saturated carbocycles. The van der Waals surface area contributed by atoms with Gasteiger partial charge in [0, 0.05) is 24.2 Å². The zero-order chi connectivity index (χ0) is 23.1. The first-order valence-corrected chi connectivity index (χ1v) is 12.0. The van der Waals surface area contributed by atoms with Gasteiger partial charge in [0.1, 0.15) is 23.1 Å². The fourth-order valence-corrected chi connectivity index (χ4v) is 4.17. The third kappa shape index (κ3) is 5.91. The molecule has 2 aromatic heterocycles. The number of methoxy groups -OCH3 is 1. The van der Waals surface area contributed by atoms with E-state index in [2.05, 4.69) is 30.7 Å². The second kappa shape index (κ2) is 11.2. The molecule has 0 bridgehead atoms. The van der Waals surface area contributed by atoms with Crippen molar-refractivity contribution >= 4 is 17.2 Å². The predicted octanol–water partition coefficient (Wildman–Crippen LogP) is 5.69. The van der Waals surface area contributed by atoms with Gasteiger partial charge in [-0.15, -0.1) is 11.3 Å². The van der Waals surface area contributed by atoms with Gasteiger partial charge in [0.15, 0.2) is 0 Å². The number of amides is 1. The van der Waals surface area contributed by atoms with Gasteiger partial charge in [-0.05, 0) is 49.6 Å². The standard InChI is InChI=1S/C25H33N3O3S/c1-6-7-12-26-25(29)21-13-23(28(18(21)4)14-17(2)3)22-16-32-24(27-22)15-31-20-10-8-19(30-5)9-11-20/h8-11,13,16-17H,6-7,12,14-15H2,1-5H3,(H,26,29). The number of hydrogen-bond donors (Lipinski definition) is 1. The first-order chi connectivity index (χ1) is 15.4. The number of nitrogens with one attached hydrogen (secondary N) is 1. The smallest absolute Gasteiger partial charge is 0.253 e. The van der Waals surface area contributed by atoms with Gasteiger partial charge in [-0.25, -0.2) is 4.98 Å². The molecule has 3 rings (SSSR count). The summed E-state index contributed by atoms with van der Waals surface area (Å²) in [6.45, 7) is 10.4. The number of aromatic nitrogens is 2. The summed E-state index contributed by atoms with van der Waals surface area (Å²) in [5, 5.41) is 5.97. The van der Waals surface area contributed by atoms with Gasteiger partial charge in [0.2, 0.25) is 0 Å². The summed E-state index contributed by atoms with van der Waals surface area (Å²) >= 11 is 1.56. The minimum absolute atomic E-state index is 0.0157. The first-order valence-electron chi connectivity index (χ1n) is 11.1. The molecule has 0 atom stereocenters. The van der Waals surface area contributed by atoms with Gasteiger partial charge in [-0.2, -0.15) is 0 Å². The highest BCUT2D eigenvalue weighted by atomic mass is 32.1. The molecule has 0 radical (unpaired) electrons. The Balaban J connectivity index is 1.79. The SMILES string of the molecule is CCCCNC(=O)c1cc(-c2csc(COc3ccc(OC)cc3)n2)n(CC(C)C)c1C. The minimum Gasteiger partial charge on any atom is -0.497 e. The number of carbonyl (C=O) groups excluding carboxylic acids is 1. The van der Waals surface area contributed by atoms with Gasteiger partial charge >= 0.3 is 0 Å². The van der Waals surface area contributed by atoms with Crippen LogP contribution in [0, 0.1) is 12.8 Å². The molecule has 0 saturated heterocycles. The minimum atomic E-state index is -0.0157. The summed E-state index contributed by atoms with van der Waals surface area (Å²) in [4.78, 5) is 17.6. The average molecular weight is 456 g/mol. The number of thiazole rings is 1. The van der Waals surface area contributed by atoms with Crippen molar-refractivity contribution in [2.24, 2.45) is 5.92 Å². The van der Waals surface area contributed by atoms with Crippen LogP contribution in [0.4, 0.5) is 0 Å². The van der Waals surface area contributed by atoms with Crippen LogP contribution in [0.2, 0.25) is 0 Å². The third-order valence-electron chi connectivity index (χ3n) is 5.21. The molecule has 32 heavy (non-hydrogen) atoms. The van der Waals surface area contributed by atoms with E-state index in [4.69, 9.17) is 14.5 Å². The van der Waals surface area contributed by atoms with Crippen molar-refractivity contribution in [1.82, 2.24) is 14.9 Å². The molecule has 172 valence electrons. The van der Waals surface area contributed by atoms with E-state index in [1.54, 1.807) is 18.4 Å². The zero-order valence-corrected chi connectivity index (χ0v) is 20.4. The molecule has 0 spiro atoms. The number of ether oxygens (including phenoxy) is 2. The van der Waals surface area contributed by atoms with Gasteiger partial charge in [-0.3, -0.25) is 4.79 Å². The second-order valence-corrected chi connectivity index (χ2v) is 9.18. The number of hydrogen-bond acceptors (Lipinski definition) is 5. The highest BCUT2D eigenvalue weighted by Gasteiger charge is 2.20. The lowest BCUT2D eigenvalue weighted by atomic mass is 10.2. The van der Waals surface area contributed by atoms with E-state index in [0.29, 0.717) is 19.1 Å². The lowest BCUT2D eigenvalue weighted by molar-refractivity contribution is 0.0952. The monoisotopic (exact) mass is 455 g/mol. The van der Waals surface area contributed by atoms with E-state index in [-0.39, 0.29) is 5.91 Å². The molecule has 6 nitrogen and oxygen atoms in total. The molecule has 3 aromatic rings. The van der Waals surface area contributed by atoms with Crippen molar-refractivity contribution in [1.29, 1.82) is 0 Å². The summed E-state index contributed by atoms with van der Waals surface area (Å²) in [7, 11) is 1.64. The highest BCUT2D eigenvalue weighted by molar-refractivity contribution is 7.09. The van der Waals surface area contributed by atoms with Crippen LogP contribution >= 0.6 is 11.3 Å². The highest BCUT2D eigenvalue weighted by Crippen LogP contribution is 2.29.